The molecule has 0 saturated heterocycles. The number of hydrogen-bond donors (Lipinski definition) is 1. The summed E-state index contributed by atoms with van der Waals surface area (Å²) in [7, 11) is 3.15. The summed E-state index contributed by atoms with van der Waals surface area (Å²) in [5.74, 6) is 1.49. The minimum absolute atomic E-state index is 0.175. The number of pyridine rings is 1. The Bertz CT molecular complexity index is 1490. The Morgan fingerprint density at radius 1 is 1.03 bits per heavy atom. The molecular weight excluding hydrogens is 518 g/mol. The minimum atomic E-state index is -0.175. The highest BCUT2D eigenvalue weighted by molar-refractivity contribution is 7.99. The SMILES string of the molecule is COc1ccc(-c2cc(-c3ccccc3)nc(SCCC(=O)Nc3cc(C)c(Cl)cc3OC)c2C#N)cc1. The van der Waals surface area contributed by atoms with E-state index in [4.69, 9.17) is 26.1 Å². The van der Waals surface area contributed by atoms with Gasteiger partial charge in [-0.3, -0.25) is 4.79 Å². The molecule has 1 aromatic heterocycles. The number of carbonyl (C=O) groups is 1. The normalized spacial score (nSPS) is 10.5. The molecule has 0 spiro atoms. The first-order valence-corrected chi connectivity index (χ1v) is 13.2. The van der Waals surface area contributed by atoms with Crippen molar-refractivity contribution >= 4 is 35.0 Å². The van der Waals surface area contributed by atoms with Crippen molar-refractivity contribution in [1.82, 2.24) is 4.98 Å². The quantitative estimate of drug-likeness (QED) is 0.222. The smallest absolute Gasteiger partial charge is 0.225 e. The fraction of sp³-hybridized carbons (Fsp3) is 0.167. The van der Waals surface area contributed by atoms with Gasteiger partial charge in [-0.1, -0.05) is 54.1 Å². The number of nitrogens with one attached hydrogen (secondary N) is 1. The molecule has 1 amide bonds. The van der Waals surface area contributed by atoms with E-state index >= 15 is 0 Å². The van der Waals surface area contributed by atoms with Crippen LogP contribution in [0.15, 0.2) is 77.8 Å². The van der Waals surface area contributed by atoms with Crippen LogP contribution in [-0.2, 0) is 4.79 Å². The molecular formula is C30H26ClN3O3S. The number of anilines is 1. The number of rotatable bonds is 9. The molecule has 38 heavy (non-hydrogen) atoms. The van der Waals surface area contributed by atoms with E-state index in [0.29, 0.717) is 32.8 Å². The van der Waals surface area contributed by atoms with E-state index in [1.165, 1.54) is 18.9 Å². The fourth-order valence-corrected chi connectivity index (χ4v) is 4.97. The lowest BCUT2D eigenvalue weighted by molar-refractivity contribution is -0.115. The number of amides is 1. The number of nitriles is 1. The Balaban J connectivity index is 1.59. The molecule has 0 saturated carbocycles. The van der Waals surface area contributed by atoms with Crippen LogP contribution in [0.3, 0.4) is 0 Å². The number of benzene rings is 3. The summed E-state index contributed by atoms with van der Waals surface area (Å²) in [6.07, 6.45) is 0.218. The van der Waals surface area contributed by atoms with E-state index in [2.05, 4.69) is 11.4 Å². The Morgan fingerprint density at radius 2 is 1.76 bits per heavy atom. The van der Waals surface area contributed by atoms with Gasteiger partial charge in [0.15, 0.2) is 0 Å². The van der Waals surface area contributed by atoms with Gasteiger partial charge in [-0.15, -0.1) is 11.8 Å². The third kappa shape index (κ3) is 6.28. The highest BCUT2D eigenvalue weighted by atomic mass is 35.5. The molecule has 0 bridgehead atoms. The first-order chi connectivity index (χ1) is 18.4. The van der Waals surface area contributed by atoms with E-state index in [0.717, 1.165) is 33.7 Å². The van der Waals surface area contributed by atoms with Crippen molar-refractivity contribution in [2.24, 2.45) is 0 Å². The van der Waals surface area contributed by atoms with Crippen LogP contribution in [0.25, 0.3) is 22.4 Å². The average Bonchev–Trinajstić information content (AvgIpc) is 2.95. The van der Waals surface area contributed by atoms with E-state index < -0.39 is 0 Å². The van der Waals surface area contributed by atoms with Gasteiger partial charge in [0.2, 0.25) is 5.91 Å². The van der Waals surface area contributed by atoms with Gasteiger partial charge >= 0.3 is 0 Å². The van der Waals surface area contributed by atoms with Crippen molar-refractivity contribution in [2.75, 3.05) is 25.3 Å². The van der Waals surface area contributed by atoms with Crippen LogP contribution >= 0.6 is 23.4 Å². The monoisotopic (exact) mass is 543 g/mol. The molecule has 8 heteroatoms. The van der Waals surface area contributed by atoms with Gasteiger partial charge in [0, 0.05) is 34.4 Å². The number of halogens is 1. The topological polar surface area (TPSA) is 84.2 Å². The summed E-state index contributed by atoms with van der Waals surface area (Å²) in [4.78, 5) is 17.6. The predicted octanol–water partition coefficient (Wildman–Crippen LogP) is 7.39. The summed E-state index contributed by atoms with van der Waals surface area (Å²) in [6.45, 7) is 1.86. The summed E-state index contributed by atoms with van der Waals surface area (Å²) in [5.41, 5.74) is 5.22. The number of carbonyl (C=O) groups excluding carboxylic acids is 1. The molecule has 0 unspecified atom stereocenters. The zero-order valence-corrected chi connectivity index (χ0v) is 22.8. The maximum Gasteiger partial charge on any atom is 0.225 e. The lowest BCUT2D eigenvalue weighted by Crippen LogP contribution is -2.13. The fourth-order valence-electron chi connectivity index (χ4n) is 3.87. The number of aromatic nitrogens is 1. The molecule has 0 aliphatic carbocycles. The van der Waals surface area contributed by atoms with Gasteiger partial charge in [-0.05, 0) is 42.3 Å². The van der Waals surface area contributed by atoms with Crippen molar-refractivity contribution in [3.8, 4) is 40.0 Å². The molecule has 4 rings (SSSR count). The Morgan fingerprint density at radius 3 is 2.42 bits per heavy atom. The molecule has 0 aliphatic heterocycles. The largest absolute Gasteiger partial charge is 0.497 e. The molecule has 0 atom stereocenters. The predicted molar refractivity (Wildman–Crippen MR) is 153 cm³/mol. The van der Waals surface area contributed by atoms with Crippen molar-refractivity contribution < 1.29 is 14.3 Å². The summed E-state index contributed by atoms with van der Waals surface area (Å²) in [6, 6.07) is 25.1. The van der Waals surface area contributed by atoms with Crippen molar-refractivity contribution in [2.45, 2.75) is 18.4 Å². The van der Waals surface area contributed by atoms with Crippen molar-refractivity contribution in [3.63, 3.8) is 0 Å². The van der Waals surface area contributed by atoms with Crippen LogP contribution in [-0.4, -0.2) is 30.9 Å². The zero-order chi connectivity index (χ0) is 27.1. The van der Waals surface area contributed by atoms with Crippen molar-refractivity contribution in [1.29, 1.82) is 5.26 Å². The van der Waals surface area contributed by atoms with E-state index in [1.54, 1.807) is 19.2 Å². The molecule has 0 aliphatic rings. The second-order valence-corrected chi connectivity index (χ2v) is 9.88. The molecule has 1 heterocycles. The molecule has 6 nitrogen and oxygen atoms in total. The third-order valence-electron chi connectivity index (χ3n) is 5.89. The van der Waals surface area contributed by atoms with Crippen LogP contribution in [0.1, 0.15) is 17.5 Å². The Kier molecular flexibility index (Phi) is 8.90. The number of nitrogens with zero attached hydrogens (tertiary/aromatic N) is 2. The average molecular weight is 544 g/mol. The second kappa shape index (κ2) is 12.5. The molecule has 192 valence electrons. The highest BCUT2D eigenvalue weighted by Crippen LogP contribution is 2.35. The van der Waals surface area contributed by atoms with Crippen LogP contribution in [0.4, 0.5) is 5.69 Å². The van der Waals surface area contributed by atoms with Crippen LogP contribution in [0.2, 0.25) is 5.02 Å². The maximum atomic E-state index is 12.7. The number of ether oxygens (including phenoxy) is 2. The van der Waals surface area contributed by atoms with Gasteiger partial charge in [0.05, 0.1) is 31.2 Å². The highest BCUT2D eigenvalue weighted by Gasteiger charge is 2.17. The van der Waals surface area contributed by atoms with Crippen LogP contribution < -0.4 is 14.8 Å². The van der Waals surface area contributed by atoms with Gasteiger partial charge < -0.3 is 14.8 Å². The molecule has 0 fully saturated rings. The lowest BCUT2D eigenvalue weighted by Gasteiger charge is -2.14. The standard InChI is InChI=1S/C30H26ClN3O3S/c1-19-15-27(28(37-3)17-25(19)31)33-29(35)13-14-38-30-24(18-32)23(20-9-11-22(36-2)12-10-20)16-26(34-30)21-7-5-4-6-8-21/h4-12,15-17H,13-14H2,1-3H3,(H,33,35). The number of methoxy groups -OCH3 is 2. The molecule has 0 radical (unpaired) electrons. The summed E-state index contributed by atoms with van der Waals surface area (Å²) < 4.78 is 10.6. The Hall–Kier alpha value is -3.99. The van der Waals surface area contributed by atoms with E-state index in [1.807, 2.05) is 67.6 Å². The maximum absolute atomic E-state index is 12.7. The summed E-state index contributed by atoms with van der Waals surface area (Å²) in [5, 5.41) is 14.1. The molecule has 3 aromatic carbocycles. The molecule has 4 aromatic rings. The first kappa shape index (κ1) is 27.1. The van der Waals surface area contributed by atoms with Crippen LogP contribution in [0, 0.1) is 18.3 Å². The zero-order valence-electron chi connectivity index (χ0n) is 21.2. The van der Waals surface area contributed by atoms with E-state index in [-0.39, 0.29) is 12.3 Å². The third-order valence-corrected chi connectivity index (χ3v) is 7.28. The van der Waals surface area contributed by atoms with Gasteiger partial charge in [-0.2, -0.15) is 5.26 Å². The minimum Gasteiger partial charge on any atom is -0.497 e. The lowest BCUT2D eigenvalue weighted by atomic mass is 9.99. The number of aryl methyl sites for hydroxylation is 1. The first-order valence-electron chi connectivity index (χ1n) is 11.8. The number of hydrogen-bond acceptors (Lipinski definition) is 6. The van der Waals surface area contributed by atoms with Gasteiger partial charge in [0.1, 0.15) is 22.6 Å². The summed E-state index contributed by atoms with van der Waals surface area (Å²) >= 11 is 7.55. The number of thioether (sulfide) groups is 1. The molecule has 1 N–H and O–H groups in total. The van der Waals surface area contributed by atoms with Crippen LogP contribution in [0.5, 0.6) is 11.5 Å². The van der Waals surface area contributed by atoms with Gasteiger partial charge in [0.25, 0.3) is 0 Å². The second-order valence-electron chi connectivity index (χ2n) is 8.39. The Labute approximate surface area is 231 Å². The van der Waals surface area contributed by atoms with Gasteiger partial charge in [-0.25, -0.2) is 4.98 Å². The van der Waals surface area contributed by atoms with Crippen molar-refractivity contribution in [3.05, 3.63) is 88.9 Å². The van der Waals surface area contributed by atoms with E-state index in [9.17, 15) is 10.1 Å².